The van der Waals surface area contributed by atoms with Crippen LogP contribution in [0, 0.1) is 11.3 Å². The molecule has 6 heteroatoms. The van der Waals surface area contributed by atoms with Crippen molar-refractivity contribution in [2.45, 2.75) is 19.8 Å². The number of hydrogen-bond donors (Lipinski definition) is 2. The highest BCUT2D eigenvalue weighted by atomic mass is 16.2. The number of carbonyl (C=O) groups is 1. The number of anilines is 1. The molecule has 0 aliphatic heterocycles. The summed E-state index contributed by atoms with van der Waals surface area (Å²) >= 11 is 0. The minimum absolute atomic E-state index is 0.118. The van der Waals surface area contributed by atoms with Gasteiger partial charge in [-0.1, -0.05) is 6.92 Å². The molecule has 1 heterocycles. The van der Waals surface area contributed by atoms with E-state index in [4.69, 9.17) is 5.26 Å². The van der Waals surface area contributed by atoms with Gasteiger partial charge in [0.1, 0.15) is 5.82 Å². The van der Waals surface area contributed by atoms with Crippen molar-refractivity contribution in [3.05, 3.63) is 41.5 Å². The smallest absolute Gasteiger partial charge is 0.295 e. The monoisotopic (exact) mass is 255 g/mol. The Labute approximate surface area is 110 Å². The van der Waals surface area contributed by atoms with Crippen molar-refractivity contribution >= 4 is 11.6 Å². The van der Waals surface area contributed by atoms with E-state index in [9.17, 15) is 4.79 Å². The van der Waals surface area contributed by atoms with Crippen LogP contribution in [-0.4, -0.2) is 21.1 Å². The van der Waals surface area contributed by atoms with Crippen molar-refractivity contribution in [1.82, 2.24) is 15.2 Å². The van der Waals surface area contributed by atoms with Gasteiger partial charge < -0.3 is 5.32 Å². The zero-order valence-electron chi connectivity index (χ0n) is 10.5. The quantitative estimate of drug-likeness (QED) is 0.872. The number of aryl methyl sites for hydroxylation is 1. The number of benzene rings is 1. The molecule has 1 aromatic heterocycles. The number of nitrogens with zero attached hydrogens (tertiary/aromatic N) is 3. The molecule has 6 nitrogen and oxygen atoms in total. The number of carbonyl (C=O) groups excluding carboxylic acids is 1. The van der Waals surface area contributed by atoms with E-state index in [0.29, 0.717) is 17.1 Å². The van der Waals surface area contributed by atoms with Crippen LogP contribution in [0.25, 0.3) is 0 Å². The summed E-state index contributed by atoms with van der Waals surface area (Å²) in [6, 6.07) is 8.61. The number of aromatic amines is 1. The zero-order chi connectivity index (χ0) is 13.7. The number of amides is 1. The van der Waals surface area contributed by atoms with Gasteiger partial charge in [0, 0.05) is 12.1 Å². The van der Waals surface area contributed by atoms with Crippen LogP contribution in [0.5, 0.6) is 0 Å². The maximum Gasteiger partial charge on any atom is 0.295 e. The first-order valence-electron chi connectivity index (χ1n) is 5.95. The third-order valence-corrected chi connectivity index (χ3v) is 2.49. The summed E-state index contributed by atoms with van der Waals surface area (Å²) in [6.07, 6.45) is 1.70. The lowest BCUT2D eigenvalue weighted by molar-refractivity contribution is 0.101. The maximum absolute atomic E-state index is 11.9. The van der Waals surface area contributed by atoms with Gasteiger partial charge in [0.05, 0.1) is 11.6 Å². The van der Waals surface area contributed by atoms with Crippen LogP contribution >= 0.6 is 0 Å². The summed E-state index contributed by atoms with van der Waals surface area (Å²) in [7, 11) is 0. The van der Waals surface area contributed by atoms with Gasteiger partial charge in [-0.2, -0.15) is 5.26 Å². The molecular formula is C13H13N5O. The van der Waals surface area contributed by atoms with Crippen molar-refractivity contribution in [3.8, 4) is 6.07 Å². The first kappa shape index (κ1) is 12.8. The highest BCUT2D eigenvalue weighted by Gasteiger charge is 2.12. The summed E-state index contributed by atoms with van der Waals surface area (Å²) in [5.74, 6) is 0.448. The lowest BCUT2D eigenvalue weighted by Gasteiger charge is -2.01. The largest absolute Gasteiger partial charge is 0.319 e. The minimum atomic E-state index is -0.372. The van der Waals surface area contributed by atoms with E-state index in [0.717, 1.165) is 12.8 Å². The van der Waals surface area contributed by atoms with Crippen molar-refractivity contribution < 1.29 is 4.79 Å². The van der Waals surface area contributed by atoms with Crippen LogP contribution in [0.15, 0.2) is 24.3 Å². The molecule has 2 aromatic rings. The third-order valence-electron chi connectivity index (χ3n) is 2.49. The number of H-pyrrole nitrogens is 1. The molecule has 0 unspecified atom stereocenters. The fraction of sp³-hybridized carbons (Fsp3) is 0.231. The highest BCUT2D eigenvalue weighted by Crippen LogP contribution is 2.09. The van der Waals surface area contributed by atoms with Crippen LogP contribution in [0.4, 0.5) is 5.69 Å². The predicted octanol–water partition coefficient (Wildman–Crippen LogP) is 1.88. The number of hydrogen-bond acceptors (Lipinski definition) is 4. The van der Waals surface area contributed by atoms with E-state index < -0.39 is 0 Å². The number of nitriles is 1. The molecule has 0 bridgehead atoms. The van der Waals surface area contributed by atoms with Crippen LogP contribution < -0.4 is 5.32 Å². The van der Waals surface area contributed by atoms with E-state index in [1.807, 2.05) is 13.0 Å². The fourth-order valence-corrected chi connectivity index (χ4v) is 1.56. The Balaban J connectivity index is 2.05. The molecule has 2 N–H and O–H groups in total. The highest BCUT2D eigenvalue weighted by molar-refractivity contribution is 6.01. The second-order valence-electron chi connectivity index (χ2n) is 4.00. The van der Waals surface area contributed by atoms with Crippen LogP contribution in [0.1, 0.15) is 35.4 Å². The standard InChI is InChI=1S/C13H13N5O/c1-2-3-11-16-12(18-17-11)13(19)15-10-6-4-9(8-14)5-7-10/h4-7H,2-3H2,1H3,(H,15,19)(H,16,17,18). The molecule has 0 saturated carbocycles. The second kappa shape index (κ2) is 5.78. The average molecular weight is 255 g/mol. The summed E-state index contributed by atoms with van der Waals surface area (Å²) in [4.78, 5) is 16.0. The molecule has 19 heavy (non-hydrogen) atoms. The van der Waals surface area contributed by atoms with Gasteiger partial charge >= 0.3 is 0 Å². The first-order valence-corrected chi connectivity index (χ1v) is 5.95. The molecule has 1 amide bonds. The van der Waals surface area contributed by atoms with E-state index in [2.05, 4.69) is 20.5 Å². The van der Waals surface area contributed by atoms with Crippen LogP contribution in [-0.2, 0) is 6.42 Å². The first-order chi connectivity index (χ1) is 9.22. The van der Waals surface area contributed by atoms with Gasteiger partial charge in [0.25, 0.3) is 5.91 Å². The van der Waals surface area contributed by atoms with E-state index in [-0.39, 0.29) is 11.7 Å². The van der Waals surface area contributed by atoms with Gasteiger partial charge in [0.2, 0.25) is 5.82 Å². The maximum atomic E-state index is 11.9. The van der Waals surface area contributed by atoms with Gasteiger partial charge in [-0.05, 0) is 30.7 Å². The molecule has 0 aliphatic carbocycles. The molecule has 96 valence electrons. The number of rotatable bonds is 4. The van der Waals surface area contributed by atoms with Crippen LogP contribution in [0.2, 0.25) is 0 Å². The third kappa shape index (κ3) is 3.16. The summed E-state index contributed by atoms with van der Waals surface area (Å²) in [5, 5.41) is 17.9. The predicted molar refractivity (Wildman–Crippen MR) is 69.5 cm³/mol. The topological polar surface area (TPSA) is 94.5 Å². The van der Waals surface area contributed by atoms with Gasteiger partial charge in [-0.15, -0.1) is 5.10 Å². The molecule has 2 rings (SSSR count). The molecule has 0 fully saturated rings. The normalized spacial score (nSPS) is 9.89. The van der Waals surface area contributed by atoms with Gasteiger partial charge in [0.15, 0.2) is 0 Å². The van der Waals surface area contributed by atoms with Crippen molar-refractivity contribution in [3.63, 3.8) is 0 Å². The summed E-state index contributed by atoms with van der Waals surface area (Å²) < 4.78 is 0. The SMILES string of the molecule is CCCc1nc(C(=O)Nc2ccc(C#N)cc2)n[nH]1. The Morgan fingerprint density at radius 1 is 1.42 bits per heavy atom. The number of aromatic nitrogens is 3. The Kier molecular flexibility index (Phi) is 3.88. The second-order valence-corrected chi connectivity index (χ2v) is 4.00. The lowest BCUT2D eigenvalue weighted by Crippen LogP contribution is -2.13. The van der Waals surface area contributed by atoms with Crippen molar-refractivity contribution in [2.24, 2.45) is 0 Å². The molecule has 0 aliphatic rings. The Morgan fingerprint density at radius 3 is 2.79 bits per heavy atom. The van der Waals surface area contributed by atoms with E-state index in [1.165, 1.54) is 0 Å². The average Bonchev–Trinajstić information content (AvgIpc) is 2.89. The Hall–Kier alpha value is -2.68. The van der Waals surface area contributed by atoms with Crippen LogP contribution in [0.3, 0.4) is 0 Å². The fourth-order valence-electron chi connectivity index (χ4n) is 1.56. The number of nitrogens with one attached hydrogen (secondary N) is 2. The molecule has 1 aromatic carbocycles. The molecule has 0 radical (unpaired) electrons. The molecular weight excluding hydrogens is 242 g/mol. The molecule has 0 spiro atoms. The van der Waals surface area contributed by atoms with Crippen molar-refractivity contribution in [2.75, 3.05) is 5.32 Å². The minimum Gasteiger partial charge on any atom is -0.319 e. The van der Waals surface area contributed by atoms with E-state index >= 15 is 0 Å². The van der Waals surface area contributed by atoms with E-state index in [1.54, 1.807) is 24.3 Å². The molecule has 0 atom stereocenters. The summed E-state index contributed by atoms with van der Waals surface area (Å²) in [5.41, 5.74) is 1.15. The van der Waals surface area contributed by atoms with Crippen molar-refractivity contribution in [1.29, 1.82) is 5.26 Å². The Bertz CT molecular complexity index is 609. The lowest BCUT2D eigenvalue weighted by atomic mass is 10.2. The Morgan fingerprint density at radius 2 is 2.16 bits per heavy atom. The molecule has 0 saturated heterocycles. The van der Waals surface area contributed by atoms with Gasteiger partial charge in [-0.3, -0.25) is 9.89 Å². The zero-order valence-corrected chi connectivity index (χ0v) is 10.5. The summed E-state index contributed by atoms with van der Waals surface area (Å²) in [6.45, 7) is 2.03. The van der Waals surface area contributed by atoms with Gasteiger partial charge in [-0.25, -0.2) is 4.98 Å².